The van der Waals surface area contributed by atoms with Gasteiger partial charge in [-0.25, -0.2) is 0 Å². The van der Waals surface area contributed by atoms with Gasteiger partial charge in [-0.05, 0) is 55.8 Å². The number of carbonyl (C=O) groups excluding carboxylic acids is 1. The number of hydrogen-bond acceptors (Lipinski definition) is 4. The number of fused-ring (bicyclic) bond motifs is 1. The molecule has 4 rings (SSSR count). The van der Waals surface area contributed by atoms with Gasteiger partial charge < -0.3 is 19.5 Å². The van der Waals surface area contributed by atoms with Crippen LogP contribution in [0.2, 0.25) is 0 Å². The molecule has 160 valence electrons. The second-order valence-corrected chi connectivity index (χ2v) is 8.30. The summed E-state index contributed by atoms with van der Waals surface area (Å²) in [6.45, 7) is 4.50. The molecule has 0 radical (unpaired) electrons. The smallest absolute Gasteiger partial charge is 0.251 e. The molecule has 0 spiro atoms. The van der Waals surface area contributed by atoms with Crippen LogP contribution in [-0.4, -0.2) is 18.6 Å². The summed E-state index contributed by atoms with van der Waals surface area (Å²) in [5, 5.41) is 3.17. The first kappa shape index (κ1) is 20.8. The number of benzene rings is 3. The molecule has 0 bridgehead atoms. The minimum absolute atomic E-state index is 0.151. The van der Waals surface area contributed by atoms with E-state index < -0.39 is 0 Å². The fourth-order valence-corrected chi connectivity index (χ4v) is 3.80. The van der Waals surface area contributed by atoms with Gasteiger partial charge in [-0.15, -0.1) is 0 Å². The number of methoxy groups -OCH3 is 1. The van der Waals surface area contributed by atoms with Crippen molar-refractivity contribution in [3.8, 4) is 17.2 Å². The molecule has 1 amide bonds. The summed E-state index contributed by atoms with van der Waals surface area (Å²) in [7, 11) is 1.63. The highest BCUT2D eigenvalue weighted by molar-refractivity contribution is 5.95. The average Bonchev–Trinajstić information content (AvgIpc) is 2.77. The Morgan fingerprint density at radius 2 is 1.84 bits per heavy atom. The third-order valence-corrected chi connectivity index (χ3v) is 5.32. The Bertz CT molecular complexity index is 1060. The van der Waals surface area contributed by atoms with Crippen LogP contribution in [0.3, 0.4) is 0 Å². The van der Waals surface area contributed by atoms with Crippen LogP contribution in [0.1, 0.15) is 47.8 Å². The van der Waals surface area contributed by atoms with Crippen molar-refractivity contribution in [1.82, 2.24) is 5.32 Å². The van der Waals surface area contributed by atoms with Gasteiger partial charge in [0.25, 0.3) is 5.91 Å². The SMILES string of the molecule is COc1ccc2c(c1)C(NC(=O)c1cccc(OCc3ccccc3)c1)CC(C)(C)O2. The number of rotatable bonds is 6. The molecule has 1 atom stereocenters. The predicted molar refractivity (Wildman–Crippen MR) is 120 cm³/mol. The van der Waals surface area contributed by atoms with Gasteiger partial charge >= 0.3 is 0 Å². The summed E-state index contributed by atoms with van der Waals surface area (Å²) in [5.74, 6) is 2.01. The maximum Gasteiger partial charge on any atom is 0.251 e. The Morgan fingerprint density at radius 1 is 1.03 bits per heavy atom. The molecule has 0 aromatic heterocycles. The summed E-state index contributed by atoms with van der Waals surface area (Å²) < 4.78 is 17.3. The minimum Gasteiger partial charge on any atom is -0.497 e. The molecule has 5 heteroatoms. The second-order valence-electron chi connectivity index (χ2n) is 8.30. The van der Waals surface area contributed by atoms with Crippen LogP contribution >= 0.6 is 0 Å². The van der Waals surface area contributed by atoms with Gasteiger partial charge in [0.05, 0.1) is 13.2 Å². The Balaban J connectivity index is 1.50. The van der Waals surface area contributed by atoms with Crippen LogP contribution < -0.4 is 19.5 Å². The molecule has 0 saturated carbocycles. The molecule has 3 aromatic carbocycles. The maximum absolute atomic E-state index is 13.1. The van der Waals surface area contributed by atoms with Crippen molar-refractivity contribution in [2.24, 2.45) is 0 Å². The quantitative estimate of drug-likeness (QED) is 0.591. The minimum atomic E-state index is -0.389. The van der Waals surface area contributed by atoms with E-state index in [0.29, 0.717) is 24.3 Å². The van der Waals surface area contributed by atoms with Crippen molar-refractivity contribution < 1.29 is 19.0 Å². The zero-order chi connectivity index (χ0) is 21.8. The molecule has 1 aliphatic heterocycles. The number of carbonyl (C=O) groups is 1. The van der Waals surface area contributed by atoms with Crippen molar-refractivity contribution in [2.75, 3.05) is 7.11 Å². The van der Waals surface area contributed by atoms with E-state index in [1.54, 1.807) is 19.2 Å². The molecule has 1 unspecified atom stereocenters. The largest absolute Gasteiger partial charge is 0.497 e. The number of nitrogens with one attached hydrogen (secondary N) is 1. The van der Waals surface area contributed by atoms with Gasteiger partial charge in [-0.2, -0.15) is 0 Å². The summed E-state index contributed by atoms with van der Waals surface area (Å²) in [5.41, 5.74) is 2.16. The monoisotopic (exact) mass is 417 g/mol. The molecule has 0 fully saturated rings. The van der Waals surface area contributed by atoms with E-state index in [2.05, 4.69) is 5.32 Å². The Morgan fingerprint density at radius 3 is 2.61 bits per heavy atom. The van der Waals surface area contributed by atoms with Crippen LogP contribution in [0.5, 0.6) is 17.2 Å². The van der Waals surface area contributed by atoms with Gasteiger partial charge in [0, 0.05) is 17.5 Å². The first-order valence-electron chi connectivity index (χ1n) is 10.4. The predicted octanol–water partition coefficient (Wildman–Crippen LogP) is 5.31. The summed E-state index contributed by atoms with van der Waals surface area (Å²) in [6, 6.07) is 22.7. The highest BCUT2D eigenvalue weighted by atomic mass is 16.5. The van der Waals surface area contributed by atoms with Crippen LogP contribution in [0, 0.1) is 0 Å². The standard InChI is InChI=1S/C26H27NO4/c1-26(2)16-23(22-15-20(29-3)12-13-24(22)31-26)27-25(28)19-10-7-11-21(14-19)30-17-18-8-5-4-6-9-18/h4-15,23H,16-17H2,1-3H3,(H,27,28). The molecular weight excluding hydrogens is 390 g/mol. The lowest BCUT2D eigenvalue weighted by atomic mass is 9.89. The van der Waals surface area contributed by atoms with Gasteiger partial charge in [0.15, 0.2) is 0 Å². The lowest BCUT2D eigenvalue weighted by molar-refractivity contribution is 0.0618. The molecule has 1 heterocycles. The van der Waals surface area contributed by atoms with Crippen molar-refractivity contribution in [1.29, 1.82) is 0 Å². The molecular formula is C26H27NO4. The summed E-state index contributed by atoms with van der Waals surface area (Å²) in [6.07, 6.45) is 0.656. The Labute approximate surface area is 183 Å². The molecule has 1 aliphatic rings. The highest BCUT2D eigenvalue weighted by Crippen LogP contribution is 2.41. The van der Waals surface area contributed by atoms with Crippen molar-refractivity contribution >= 4 is 5.91 Å². The lowest BCUT2D eigenvalue weighted by Crippen LogP contribution is -2.41. The van der Waals surface area contributed by atoms with E-state index in [1.165, 1.54) is 0 Å². The molecule has 3 aromatic rings. The van der Waals surface area contributed by atoms with E-state index in [9.17, 15) is 4.79 Å². The Kier molecular flexibility index (Phi) is 5.85. The number of amides is 1. The number of hydrogen-bond donors (Lipinski definition) is 1. The fourth-order valence-electron chi connectivity index (χ4n) is 3.80. The molecule has 31 heavy (non-hydrogen) atoms. The van der Waals surface area contributed by atoms with Crippen LogP contribution in [-0.2, 0) is 6.61 Å². The average molecular weight is 418 g/mol. The first-order chi connectivity index (χ1) is 14.9. The van der Waals surface area contributed by atoms with E-state index in [-0.39, 0.29) is 17.6 Å². The Hall–Kier alpha value is -3.47. The van der Waals surface area contributed by atoms with E-state index in [1.807, 2.05) is 74.5 Å². The van der Waals surface area contributed by atoms with Crippen molar-refractivity contribution in [3.63, 3.8) is 0 Å². The lowest BCUT2D eigenvalue weighted by Gasteiger charge is -2.38. The topological polar surface area (TPSA) is 56.8 Å². The van der Waals surface area contributed by atoms with Crippen molar-refractivity contribution in [3.05, 3.63) is 89.5 Å². The fraction of sp³-hybridized carbons (Fsp3) is 0.269. The molecule has 1 N–H and O–H groups in total. The summed E-state index contributed by atoms with van der Waals surface area (Å²) >= 11 is 0. The third kappa shape index (κ3) is 5.00. The van der Waals surface area contributed by atoms with Crippen LogP contribution in [0.4, 0.5) is 0 Å². The maximum atomic E-state index is 13.1. The number of ether oxygens (including phenoxy) is 3. The first-order valence-corrected chi connectivity index (χ1v) is 10.4. The van der Waals surface area contributed by atoms with Crippen molar-refractivity contribution in [2.45, 2.75) is 38.5 Å². The normalized spacial score (nSPS) is 16.5. The van der Waals surface area contributed by atoms with Gasteiger partial charge in [-0.1, -0.05) is 36.4 Å². The molecule has 0 saturated heterocycles. The second kappa shape index (κ2) is 8.72. The van der Waals surface area contributed by atoms with E-state index in [0.717, 1.165) is 22.6 Å². The van der Waals surface area contributed by atoms with Crippen LogP contribution in [0.25, 0.3) is 0 Å². The molecule has 5 nitrogen and oxygen atoms in total. The highest BCUT2D eigenvalue weighted by Gasteiger charge is 2.35. The van der Waals surface area contributed by atoms with Gasteiger partial charge in [0.2, 0.25) is 0 Å². The van der Waals surface area contributed by atoms with E-state index in [4.69, 9.17) is 14.2 Å². The molecule has 0 aliphatic carbocycles. The third-order valence-electron chi connectivity index (χ3n) is 5.32. The van der Waals surface area contributed by atoms with E-state index >= 15 is 0 Å². The van der Waals surface area contributed by atoms with Crippen LogP contribution in [0.15, 0.2) is 72.8 Å². The van der Waals surface area contributed by atoms with Gasteiger partial charge in [-0.3, -0.25) is 4.79 Å². The zero-order valence-corrected chi connectivity index (χ0v) is 18.1. The summed E-state index contributed by atoms with van der Waals surface area (Å²) in [4.78, 5) is 13.1. The van der Waals surface area contributed by atoms with Gasteiger partial charge in [0.1, 0.15) is 29.5 Å². The zero-order valence-electron chi connectivity index (χ0n) is 18.1.